The highest BCUT2D eigenvalue weighted by molar-refractivity contribution is 9.10. The van der Waals surface area contributed by atoms with E-state index >= 15 is 0 Å². The van der Waals surface area contributed by atoms with Crippen LogP contribution in [0.5, 0.6) is 0 Å². The van der Waals surface area contributed by atoms with E-state index in [9.17, 15) is 5.11 Å². The predicted octanol–water partition coefficient (Wildman–Crippen LogP) is 7.32. The molecule has 0 aliphatic rings. The lowest BCUT2D eigenvalue weighted by atomic mass is 9.88. The van der Waals surface area contributed by atoms with Crippen LogP contribution in [0.15, 0.2) is 89.5 Å². The van der Waals surface area contributed by atoms with Crippen LogP contribution in [0, 0.1) is 0 Å². The van der Waals surface area contributed by atoms with Gasteiger partial charge in [0.15, 0.2) is 0 Å². The monoisotopic (exact) mass is 484 g/mol. The van der Waals surface area contributed by atoms with Crippen LogP contribution in [-0.4, -0.2) is 14.7 Å². The standard InChI is InChI=1S/C28H25BrN2O/c1-28(2,3)20-13-14-30-26(17-20)31-24-10-5-4-9-22(24)23-12-11-19(16-25(23)31)27(32)18-7-6-8-21(29)15-18/h4-17,27,32H,1-3H3. The Kier molecular flexibility index (Phi) is 5.15. The minimum Gasteiger partial charge on any atom is -0.384 e. The van der Waals surface area contributed by atoms with Gasteiger partial charge in [0.05, 0.1) is 11.0 Å². The van der Waals surface area contributed by atoms with Gasteiger partial charge in [0.1, 0.15) is 11.9 Å². The number of aromatic nitrogens is 2. The highest BCUT2D eigenvalue weighted by Gasteiger charge is 2.19. The van der Waals surface area contributed by atoms with E-state index in [4.69, 9.17) is 4.98 Å². The number of hydrogen-bond donors (Lipinski definition) is 1. The maximum Gasteiger partial charge on any atom is 0.137 e. The van der Waals surface area contributed by atoms with E-state index in [1.165, 1.54) is 10.9 Å². The summed E-state index contributed by atoms with van der Waals surface area (Å²) in [4.78, 5) is 4.73. The molecule has 0 bridgehead atoms. The zero-order valence-electron chi connectivity index (χ0n) is 18.4. The number of pyridine rings is 1. The third kappa shape index (κ3) is 3.64. The van der Waals surface area contributed by atoms with Crippen molar-refractivity contribution in [1.82, 2.24) is 9.55 Å². The van der Waals surface area contributed by atoms with Crippen molar-refractivity contribution in [1.29, 1.82) is 0 Å². The largest absolute Gasteiger partial charge is 0.384 e. The van der Waals surface area contributed by atoms with Gasteiger partial charge in [-0.2, -0.15) is 0 Å². The average Bonchev–Trinajstić information content (AvgIpc) is 3.12. The summed E-state index contributed by atoms with van der Waals surface area (Å²) < 4.78 is 3.16. The molecule has 0 aliphatic heterocycles. The summed E-state index contributed by atoms with van der Waals surface area (Å²) in [7, 11) is 0. The molecule has 5 aromatic rings. The van der Waals surface area contributed by atoms with Gasteiger partial charge < -0.3 is 5.11 Å². The van der Waals surface area contributed by atoms with Crippen molar-refractivity contribution in [2.45, 2.75) is 32.3 Å². The lowest BCUT2D eigenvalue weighted by Crippen LogP contribution is -2.12. The van der Waals surface area contributed by atoms with Gasteiger partial charge >= 0.3 is 0 Å². The fraction of sp³-hybridized carbons (Fsp3) is 0.179. The smallest absolute Gasteiger partial charge is 0.137 e. The maximum absolute atomic E-state index is 11.1. The molecule has 2 heterocycles. The van der Waals surface area contributed by atoms with Gasteiger partial charge in [-0.15, -0.1) is 0 Å². The summed E-state index contributed by atoms with van der Waals surface area (Å²) in [6, 6.07) is 26.7. The molecule has 1 N–H and O–H groups in total. The van der Waals surface area contributed by atoms with Gasteiger partial charge in [0.25, 0.3) is 0 Å². The number of rotatable bonds is 3. The maximum atomic E-state index is 11.1. The summed E-state index contributed by atoms with van der Waals surface area (Å²) in [6.45, 7) is 6.64. The van der Waals surface area contributed by atoms with Gasteiger partial charge in [0.2, 0.25) is 0 Å². The topological polar surface area (TPSA) is 38.0 Å². The summed E-state index contributed by atoms with van der Waals surface area (Å²) in [6.07, 6.45) is 1.17. The Morgan fingerprint density at radius 3 is 2.34 bits per heavy atom. The molecule has 0 saturated carbocycles. The van der Waals surface area contributed by atoms with Crippen molar-refractivity contribution >= 4 is 37.7 Å². The van der Waals surface area contributed by atoms with Gasteiger partial charge in [-0.25, -0.2) is 4.98 Å². The Hall–Kier alpha value is -2.95. The SMILES string of the molecule is CC(C)(C)c1ccnc(-n2c3ccccc3c3ccc(C(O)c4cccc(Br)c4)cc32)c1. The van der Waals surface area contributed by atoms with Crippen molar-refractivity contribution < 1.29 is 5.11 Å². The molecule has 3 nitrogen and oxygen atoms in total. The number of benzene rings is 3. The van der Waals surface area contributed by atoms with Gasteiger partial charge in [-0.1, -0.05) is 79.2 Å². The fourth-order valence-electron chi connectivity index (χ4n) is 4.28. The summed E-state index contributed by atoms with van der Waals surface area (Å²) >= 11 is 3.51. The molecule has 1 unspecified atom stereocenters. The minimum atomic E-state index is -0.711. The second-order valence-corrected chi connectivity index (χ2v) is 10.2. The van der Waals surface area contributed by atoms with E-state index in [2.05, 4.69) is 89.8 Å². The summed E-state index contributed by atoms with van der Waals surface area (Å²) in [5.74, 6) is 0.887. The first-order valence-corrected chi connectivity index (χ1v) is 11.6. The van der Waals surface area contributed by atoms with Crippen molar-refractivity contribution in [3.05, 3.63) is 106 Å². The molecule has 0 fully saturated rings. The Bertz CT molecular complexity index is 1450. The highest BCUT2D eigenvalue weighted by Crippen LogP contribution is 2.35. The number of aliphatic hydroxyl groups is 1. The number of halogens is 1. The average molecular weight is 485 g/mol. The van der Waals surface area contributed by atoms with Crippen LogP contribution in [0.3, 0.4) is 0 Å². The molecule has 0 amide bonds. The lowest BCUT2D eigenvalue weighted by molar-refractivity contribution is 0.220. The van der Waals surface area contributed by atoms with E-state index in [1.54, 1.807) is 0 Å². The van der Waals surface area contributed by atoms with E-state index in [0.29, 0.717) is 0 Å². The first kappa shape index (κ1) is 20.9. The number of fused-ring (bicyclic) bond motifs is 3. The molecule has 0 saturated heterocycles. The molecular weight excluding hydrogens is 460 g/mol. The summed E-state index contributed by atoms with van der Waals surface area (Å²) in [5.41, 5.74) is 5.12. The van der Waals surface area contributed by atoms with Crippen LogP contribution in [0.25, 0.3) is 27.6 Å². The Labute approximate surface area is 196 Å². The quantitative estimate of drug-likeness (QED) is 0.291. The highest BCUT2D eigenvalue weighted by atomic mass is 79.9. The zero-order valence-corrected chi connectivity index (χ0v) is 20.0. The lowest BCUT2D eigenvalue weighted by Gasteiger charge is -2.20. The normalized spacial score (nSPS) is 13.0. The van der Waals surface area contributed by atoms with Crippen LogP contribution < -0.4 is 0 Å². The van der Waals surface area contributed by atoms with Gasteiger partial charge in [-0.3, -0.25) is 4.57 Å². The van der Waals surface area contributed by atoms with E-state index in [1.807, 2.05) is 36.5 Å². The Balaban J connectivity index is 1.75. The van der Waals surface area contributed by atoms with Crippen LogP contribution in [-0.2, 0) is 5.41 Å². The van der Waals surface area contributed by atoms with Crippen molar-refractivity contribution in [3.63, 3.8) is 0 Å². The third-order valence-electron chi connectivity index (χ3n) is 6.02. The predicted molar refractivity (Wildman–Crippen MR) is 135 cm³/mol. The van der Waals surface area contributed by atoms with Gasteiger partial charge in [-0.05, 0) is 58.5 Å². The fourth-order valence-corrected chi connectivity index (χ4v) is 4.70. The molecule has 4 heteroatoms. The second kappa shape index (κ2) is 7.88. The van der Waals surface area contributed by atoms with Crippen molar-refractivity contribution in [3.8, 4) is 5.82 Å². The van der Waals surface area contributed by atoms with E-state index < -0.39 is 6.10 Å². The molecule has 0 radical (unpaired) electrons. The van der Waals surface area contributed by atoms with Crippen LogP contribution in [0.1, 0.15) is 43.6 Å². The molecular formula is C28H25BrN2O. The van der Waals surface area contributed by atoms with Crippen LogP contribution in [0.2, 0.25) is 0 Å². The third-order valence-corrected chi connectivity index (χ3v) is 6.51. The zero-order chi connectivity index (χ0) is 22.5. The first-order valence-electron chi connectivity index (χ1n) is 10.8. The molecule has 2 aromatic heterocycles. The minimum absolute atomic E-state index is 0.0263. The van der Waals surface area contributed by atoms with E-state index in [-0.39, 0.29) is 5.41 Å². The van der Waals surface area contributed by atoms with Crippen molar-refractivity contribution in [2.75, 3.05) is 0 Å². The molecule has 0 aliphatic carbocycles. The Morgan fingerprint density at radius 1 is 0.812 bits per heavy atom. The number of aliphatic hydroxyl groups excluding tert-OH is 1. The molecule has 160 valence electrons. The first-order chi connectivity index (χ1) is 15.3. The number of hydrogen-bond acceptors (Lipinski definition) is 2. The molecule has 32 heavy (non-hydrogen) atoms. The van der Waals surface area contributed by atoms with Crippen LogP contribution in [0.4, 0.5) is 0 Å². The van der Waals surface area contributed by atoms with Gasteiger partial charge in [0, 0.05) is 21.4 Å². The van der Waals surface area contributed by atoms with E-state index in [0.717, 1.165) is 37.8 Å². The number of nitrogens with zero attached hydrogens (tertiary/aromatic N) is 2. The molecule has 5 rings (SSSR count). The molecule has 1 atom stereocenters. The van der Waals surface area contributed by atoms with Crippen molar-refractivity contribution in [2.24, 2.45) is 0 Å². The van der Waals surface area contributed by atoms with Crippen LogP contribution >= 0.6 is 15.9 Å². The molecule has 0 spiro atoms. The number of para-hydroxylation sites is 1. The Morgan fingerprint density at radius 2 is 1.56 bits per heavy atom. The second-order valence-electron chi connectivity index (χ2n) is 9.24. The molecule has 3 aromatic carbocycles. The summed E-state index contributed by atoms with van der Waals surface area (Å²) in [5, 5.41) is 13.4.